The van der Waals surface area contributed by atoms with E-state index in [1.807, 2.05) is 50.2 Å². The predicted octanol–water partition coefficient (Wildman–Crippen LogP) is 4.81. The Morgan fingerprint density at radius 2 is 1.79 bits per heavy atom. The molecule has 174 valence electrons. The van der Waals surface area contributed by atoms with Gasteiger partial charge in [0.1, 0.15) is 17.3 Å². The van der Waals surface area contributed by atoms with Crippen LogP contribution in [-0.4, -0.2) is 28.2 Å². The van der Waals surface area contributed by atoms with Crippen LogP contribution in [0.15, 0.2) is 71.5 Å². The molecule has 0 spiro atoms. The van der Waals surface area contributed by atoms with Crippen LogP contribution in [0.25, 0.3) is 16.6 Å². The molecule has 1 amide bonds. The van der Waals surface area contributed by atoms with E-state index >= 15 is 0 Å². The zero-order chi connectivity index (χ0) is 24.2. The van der Waals surface area contributed by atoms with Gasteiger partial charge in [-0.05, 0) is 75.7 Å². The molecule has 0 fully saturated rings. The van der Waals surface area contributed by atoms with E-state index in [1.165, 1.54) is 0 Å². The van der Waals surface area contributed by atoms with E-state index in [9.17, 15) is 9.59 Å². The Balaban J connectivity index is 1.53. The van der Waals surface area contributed by atoms with Crippen LogP contribution in [0.2, 0.25) is 0 Å². The standard InChI is InChI=1S/C27H27N3O4/c1-5-33-21-9-8-10-22(16-21)34-18(3)26(31)29-24-14-13-20(15-17(24)2)30-19(4)28-25-12-7-6-11-23(25)27(30)32/h6-16,18H,5H2,1-4H3,(H,29,31). The van der Waals surface area contributed by atoms with Gasteiger partial charge in [0.05, 0.1) is 23.2 Å². The number of benzene rings is 3. The molecule has 0 aliphatic heterocycles. The van der Waals surface area contributed by atoms with Crippen LogP contribution in [0, 0.1) is 13.8 Å². The van der Waals surface area contributed by atoms with E-state index in [0.29, 0.717) is 46.2 Å². The number of hydrogen-bond donors (Lipinski definition) is 1. The third kappa shape index (κ3) is 4.78. The molecule has 4 aromatic rings. The van der Waals surface area contributed by atoms with Crippen LogP contribution in [0.1, 0.15) is 25.2 Å². The summed E-state index contributed by atoms with van der Waals surface area (Å²) >= 11 is 0. The number of nitrogens with zero attached hydrogens (tertiary/aromatic N) is 2. The van der Waals surface area contributed by atoms with Crippen LogP contribution < -0.4 is 20.3 Å². The van der Waals surface area contributed by atoms with Gasteiger partial charge >= 0.3 is 0 Å². The number of amides is 1. The van der Waals surface area contributed by atoms with Crippen molar-refractivity contribution in [2.45, 2.75) is 33.8 Å². The average Bonchev–Trinajstić information content (AvgIpc) is 2.81. The summed E-state index contributed by atoms with van der Waals surface area (Å²) in [5, 5.41) is 3.47. The van der Waals surface area contributed by atoms with E-state index in [2.05, 4.69) is 10.3 Å². The van der Waals surface area contributed by atoms with E-state index in [1.54, 1.807) is 48.7 Å². The van der Waals surface area contributed by atoms with Crippen LogP contribution >= 0.6 is 0 Å². The number of ether oxygens (including phenoxy) is 2. The number of hydrogen-bond acceptors (Lipinski definition) is 5. The van der Waals surface area contributed by atoms with Crippen molar-refractivity contribution in [1.82, 2.24) is 9.55 Å². The summed E-state index contributed by atoms with van der Waals surface area (Å²) in [7, 11) is 0. The fraction of sp³-hybridized carbons (Fsp3) is 0.222. The Bertz CT molecular complexity index is 1410. The van der Waals surface area contributed by atoms with Crippen molar-refractivity contribution < 1.29 is 14.3 Å². The van der Waals surface area contributed by atoms with Gasteiger partial charge in [-0.25, -0.2) is 4.98 Å². The molecule has 1 atom stereocenters. The zero-order valence-corrected chi connectivity index (χ0v) is 19.7. The van der Waals surface area contributed by atoms with Gasteiger partial charge in [0.25, 0.3) is 11.5 Å². The summed E-state index contributed by atoms with van der Waals surface area (Å²) in [4.78, 5) is 30.4. The van der Waals surface area contributed by atoms with E-state index in [0.717, 1.165) is 5.56 Å². The second-order valence-corrected chi connectivity index (χ2v) is 7.97. The largest absolute Gasteiger partial charge is 0.494 e. The molecular weight excluding hydrogens is 430 g/mol. The Kier molecular flexibility index (Phi) is 6.63. The lowest BCUT2D eigenvalue weighted by molar-refractivity contribution is -0.122. The maximum absolute atomic E-state index is 13.1. The first-order valence-electron chi connectivity index (χ1n) is 11.2. The number of aryl methyl sites for hydroxylation is 2. The smallest absolute Gasteiger partial charge is 0.265 e. The Hall–Kier alpha value is -4.13. The lowest BCUT2D eigenvalue weighted by atomic mass is 10.1. The molecule has 0 aliphatic rings. The monoisotopic (exact) mass is 457 g/mol. The van der Waals surface area contributed by atoms with Gasteiger partial charge in [-0.1, -0.05) is 18.2 Å². The number of aromatic nitrogens is 2. The molecule has 3 aromatic carbocycles. The minimum atomic E-state index is -0.717. The fourth-order valence-electron chi connectivity index (χ4n) is 3.77. The SMILES string of the molecule is CCOc1cccc(OC(C)C(=O)Nc2ccc(-n3c(C)nc4ccccc4c3=O)cc2C)c1. The minimum Gasteiger partial charge on any atom is -0.494 e. The summed E-state index contributed by atoms with van der Waals surface area (Å²) in [5.74, 6) is 1.56. The van der Waals surface area contributed by atoms with Crippen LogP contribution in [0.3, 0.4) is 0 Å². The normalized spacial score (nSPS) is 11.8. The fourth-order valence-corrected chi connectivity index (χ4v) is 3.77. The molecule has 0 saturated carbocycles. The molecule has 34 heavy (non-hydrogen) atoms. The number of rotatable bonds is 7. The molecule has 1 unspecified atom stereocenters. The molecular formula is C27H27N3O4. The van der Waals surface area contributed by atoms with Crippen LogP contribution in [0.4, 0.5) is 5.69 Å². The van der Waals surface area contributed by atoms with Gasteiger partial charge < -0.3 is 14.8 Å². The molecule has 1 heterocycles. The van der Waals surface area contributed by atoms with E-state index in [4.69, 9.17) is 9.47 Å². The van der Waals surface area contributed by atoms with Crippen molar-refractivity contribution in [3.8, 4) is 17.2 Å². The number of para-hydroxylation sites is 1. The number of nitrogens with one attached hydrogen (secondary N) is 1. The quantitative estimate of drug-likeness (QED) is 0.431. The topological polar surface area (TPSA) is 82.4 Å². The summed E-state index contributed by atoms with van der Waals surface area (Å²) in [6, 6.07) is 19.9. The molecule has 0 bridgehead atoms. The highest BCUT2D eigenvalue weighted by molar-refractivity contribution is 5.95. The maximum Gasteiger partial charge on any atom is 0.265 e. The molecule has 7 nitrogen and oxygen atoms in total. The number of fused-ring (bicyclic) bond motifs is 1. The van der Waals surface area contributed by atoms with E-state index < -0.39 is 6.10 Å². The highest BCUT2D eigenvalue weighted by atomic mass is 16.5. The van der Waals surface area contributed by atoms with Crippen LogP contribution in [-0.2, 0) is 4.79 Å². The summed E-state index contributed by atoms with van der Waals surface area (Å²) in [6.45, 7) is 7.83. The Labute approximate surface area is 198 Å². The first-order valence-corrected chi connectivity index (χ1v) is 11.2. The number of carbonyl (C=O) groups excluding carboxylic acids is 1. The minimum absolute atomic E-state index is 0.129. The lowest BCUT2D eigenvalue weighted by Crippen LogP contribution is -2.30. The van der Waals surface area contributed by atoms with E-state index in [-0.39, 0.29) is 11.5 Å². The Morgan fingerprint density at radius 1 is 1.03 bits per heavy atom. The van der Waals surface area contributed by atoms with Crippen molar-refractivity contribution >= 4 is 22.5 Å². The third-order valence-corrected chi connectivity index (χ3v) is 5.47. The van der Waals surface area contributed by atoms with Crippen molar-refractivity contribution in [3.05, 3.63) is 88.5 Å². The summed E-state index contributed by atoms with van der Waals surface area (Å²) in [5.41, 5.74) is 2.69. The second-order valence-electron chi connectivity index (χ2n) is 7.97. The van der Waals surface area contributed by atoms with Gasteiger partial charge in [0.15, 0.2) is 6.10 Å². The van der Waals surface area contributed by atoms with Crippen LogP contribution in [0.5, 0.6) is 11.5 Å². The van der Waals surface area contributed by atoms with Crippen molar-refractivity contribution in [2.24, 2.45) is 0 Å². The Morgan fingerprint density at radius 3 is 2.56 bits per heavy atom. The molecule has 1 N–H and O–H groups in total. The second kappa shape index (κ2) is 9.79. The highest BCUT2D eigenvalue weighted by Crippen LogP contribution is 2.23. The van der Waals surface area contributed by atoms with Gasteiger partial charge in [-0.2, -0.15) is 0 Å². The maximum atomic E-state index is 13.1. The zero-order valence-electron chi connectivity index (χ0n) is 19.7. The third-order valence-electron chi connectivity index (χ3n) is 5.47. The van der Waals surface area contributed by atoms with Gasteiger partial charge in [-0.15, -0.1) is 0 Å². The molecule has 0 aliphatic carbocycles. The van der Waals surface area contributed by atoms with Gasteiger partial charge in [-0.3, -0.25) is 14.2 Å². The van der Waals surface area contributed by atoms with Crippen molar-refractivity contribution in [2.75, 3.05) is 11.9 Å². The van der Waals surface area contributed by atoms with Crippen molar-refractivity contribution in [3.63, 3.8) is 0 Å². The first-order chi connectivity index (χ1) is 16.4. The average molecular weight is 458 g/mol. The number of carbonyl (C=O) groups is 1. The van der Waals surface area contributed by atoms with Crippen molar-refractivity contribution in [1.29, 1.82) is 0 Å². The summed E-state index contributed by atoms with van der Waals surface area (Å²) < 4.78 is 12.9. The number of anilines is 1. The molecule has 4 rings (SSSR count). The van der Waals surface area contributed by atoms with Gasteiger partial charge in [0, 0.05) is 11.8 Å². The lowest BCUT2D eigenvalue weighted by Gasteiger charge is -2.17. The highest BCUT2D eigenvalue weighted by Gasteiger charge is 2.17. The summed E-state index contributed by atoms with van der Waals surface area (Å²) in [6.07, 6.45) is -0.717. The molecule has 1 aromatic heterocycles. The molecule has 7 heteroatoms. The van der Waals surface area contributed by atoms with Gasteiger partial charge in [0.2, 0.25) is 0 Å². The first kappa shape index (κ1) is 23.0. The molecule has 0 saturated heterocycles. The predicted molar refractivity (Wildman–Crippen MR) is 133 cm³/mol. The molecule has 0 radical (unpaired) electrons.